The zero-order chi connectivity index (χ0) is 18.9. The van der Waals surface area contributed by atoms with Crippen molar-refractivity contribution in [1.82, 2.24) is 10.2 Å². The molecular weight excluding hydrogens is 431 g/mol. The fraction of sp³-hybridized carbons (Fsp3) is 0.846. The number of carboxylic acids is 2. The SMILES string of the molecule is CC(=O)O.CC(=O)O.CCN(CC)CCNCCC[Si](O)(O)O.[Pd]. The van der Waals surface area contributed by atoms with Gasteiger partial charge in [-0.25, -0.2) is 0 Å². The summed E-state index contributed by atoms with van der Waals surface area (Å²) >= 11 is 0. The normalized spacial score (nSPS) is 9.83. The first kappa shape index (κ1) is 31.4. The molecule has 0 saturated carbocycles. The topological polar surface area (TPSA) is 151 Å². The molecule has 0 atom stereocenters. The maximum absolute atomic E-state index is 9.00. The van der Waals surface area contributed by atoms with E-state index in [-0.39, 0.29) is 26.5 Å². The number of nitrogens with zero attached hydrogens (tertiary/aromatic N) is 1. The van der Waals surface area contributed by atoms with Crippen LogP contribution in [0.1, 0.15) is 34.1 Å². The molecular formula is C13H32N2O7PdSi. The van der Waals surface area contributed by atoms with Crippen LogP contribution in [0.3, 0.4) is 0 Å². The van der Waals surface area contributed by atoms with Gasteiger partial charge in [-0.05, 0) is 26.1 Å². The number of hydrogen-bond acceptors (Lipinski definition) is 7. The van der Waals surface area contributed by atoms with E-state index in [1.165, 1.54) is 0 Å². The van der Waals surface area contributed by atoms with Crippen LogP contribution in [-0.2, 0) is 30.0 Å². The van der Waals surface area contributed by atoms with Gasteiger partial charge in [-0.2, -0.15) is 0 Å². The first-order valence-electron chi connectivity index (χ1n) is 7.45. The monoisotopic (exact) mass is 462 g/mol. The van der Waals surface area contributed by atoms with Crippen molar-refractivity contribution in [3.63, 3.8) is 0 Å². The predicted molar refractivity (Wildman–Crippen MR) is 89.1 cm³/mol. The molecule has 0 fully saturated rings. The Morgan fingerprint density at radius 3 is 1.62 bits per heavy atom. The molecule has 0 aliphatic heterocycles. The average molecular weight is 463 g/mol. The van der Waals surface area contributed by atoms with Gasteiger partial charge < -0.3 is 34.8 Å². The first-order valence-corrected chi connectivity index (χ1v) is 9.50. The number of rotatable bonds is 9. The smallest absolute Gasteiger partial charge is 0.481 e. The average Bonchev–Trinajstić information content (AvgIpc) is 2.35. The van der Waals surface area contributed by atoms with Crippen LogP contribution < -0.4 is 5.32 Å². The summed E-state index contributed by atoms with van der Waals surface area (Å²) in [6.45, 7) is 11.2. The van der Waals surface area contributed by atoms with Crippen molar-refractivity contribution in [3.05, 3.63) is 0 Å². The van der Waals surface area contributed by atoms with Crippen LogP contribution in [0.25, 0.3) is 0 Å². The summed E-state index contributed by atoms with van der Waals surface area (Å²) in [5, 5.41) is 18.0. The van der Waals surface area contributed by atoms with Gasteiger partial charge in [0.05, 0.1) is 0 Å². The zero-order valence-electron chi connectivity index (χ0n) is 14.8. The molecule has 0 amide bonds. The van der Waals surface area contributed by atoms with Crippen molar-refractivity contribution in [2.75, 3.05) is 32.7 Å². The number of carbonyl (C=O) groups is 2. The third-order valence-corrected chi connectivity index (χ3v) is 3.39. The van der Waals surface area contributed by atoms with E-state index >= 15 is 0 Å². The summed E-state index contributed by atoms with van der Waals surface area (Å²) in [5.74, 6) is -1.67. The van der Waals surface area contributed by atoms with E-state index in [1.807, 2.05) is 0 Å². The minimum atomic E-state index is -3.80. The van der Waals surface area contributed by atoms with Gasteiger partial charge in [0.15, 0.2) is 0 Å². The summed E-state index contributed by atoms with van der Waals surface area (Å²) in [6, 6.07) is 0.116. The van der Waals surface area contributed by atoms with Gasteiger partial charge >= 0.3 is 8.80 Å². The van der Waals surface area contributed by atoms with Crippen molar-refractivity contribution in [1.29, 1.82) is 0 Å². The van der Waals surface area contributed by atoms with Crippen LogP contribution in [0.4, 0.5) is 0 Å². The van der Waals surface area contributed by atoms with Gasteiger partial charge in [-0.1, -0.05) is 13.8 Å². The molecule has 6 N–H and O–H groups in total. The largest absolute Gasteiger partial charge is 0.492 e. The van der Waals surface area contributed by atoms with Gasteiger partial charge in [0, 0.05) is 53.4 Å². The minimum absolute atomic E-state index is 0. The van der Waals surface area contributed by atoms with Crippen molar-refractivity contribution >= 4 is 20.7 Å². The maximum Gasteiger partial charge on any atom is 0.492 e. The van der Waals surface area contributed by atoms with Crippen molar-refractivity contribution in [3.8, 4) is 0 Å². The molecule has 0 unspecified atom stereocenters. The molecule has 0 aliphatic rings. The maximum atomic E-state index is 9.00. The molecule has 24 heavy (non-hydrogen) atoms. The van der Waals surface area contributed by atoms with E-state index in [2.05, 4.69) is 24.1 Å². The van der Waals surface area contributed by atoms with E-state index in [1.54, 1.807) is 0 Å². The van der Waals surface area contributed by atoms with Gasteiger partial charge in [0.1, 0.15) is 0 Å². The number of carboxylic acid groups (broad SMARTS) is 2. The van der Waals surface area contributed by atoms with Crippen LogP contribution in [0.15, 0.2) is 0 Å². The van der Waals surface area contributed by atoms with E-state index < -0.39 is 20.7 Å². The predicted octanol–water partition coefficient (Wildman–Crippen LogP) is -0.597. The van der Waals surface area contributed by atoms with E-state index in [4.69, 9.17) is 34.2 Å². The molecule has 0 aliphatic carbocycles. The summed E-state index contributed by atoms with van der Waals surface area (Å²) in [6.07, 6.45) is 0.605. The summed E-state index contributed by atoms with van der Waals surface area (Å²) < 4.78 is 0. The van der Waals surface area contributed by atoms with Crippen LogP contribution >= 0.6 is 0 Å². The third-order valence-electron chi connectivity index (χ3n) is 2.36. The first-order chi connectivity index (χ1) is 10.5. The second kappa shape index (κ2) is 20.7. The van der Waals surface area contributed by atoms with Gasteiger partial charge in [-0.15, -0.1) is 0 Å². The Hall–Kier alpha value is -0.381. The second-order valence-electron chi connectivity index (χ2n) is 4.69. The Bertz CT molecular complexity index is 281. The summed E-state index contributed by atoms with van der Waals surface area (Å²) in [7, 11) is -3.80. The van der Waals surface area contributed by atoms with Crippen molar-refractivity contribution in [2.24, 2.45) is 0 Å². The second-order valence-corrected chi connectivity index (χ2v) is 6.74. The van der Waals surface area contributed by atoms with Gasteiger partial charge in [0.25, 0.3) is 11.9 Å². The van der Waals surface area contributed by atoms with Crippen LogP contribution in [0, 0.1) is 0 Å². The number of likely N-dealkylation sites (N-methyl/N-ethyl adjacent to an activating group) is 1. The molecule has 9 nitrogen and oxygen atoms in total. The molecule has 150 valence electrons. The van der Waals surface area contributed by atoms with Gasteiger partial charge in [-0.3, -0.25) is 9.59 Å². The standard InChI is InChI=1S/C9H24N2O3Si.2C2H4O2.Pd/c1-3-11(4-2)8-7-10-6-5-9-15(12,13)14;2*1-2(3)4;/h10,12-14H,3-9H2,1-2H3;2*1H3,(H,3,4);. The van der Waals surface area contributed by atoms with Crippen LogP contribution in [0.2, 0.25) is 6.04 Å². The Labute approximate surface area is 158 Å². The van der Waals surface area contributed by atoms with Crippen LogP contribution in [0.5, 0.6) is 0 Å². The fourth-order valence-corrected chi connectivity index (χ4v) is 2.00. The number of aliphatic carboxylic acids is 2. The Balaban J connectivity index is -0.000000186. The van der Waals surface area contributed by atoms with E-state index in [9.17, 15) is 0 Å². The van der Waals surface area contributed by atoms with Crippen molar-refractivity contribution < 1.29 is 54.6 Å². The molecule has 0 spiro atoms. The molecule has 11 heteroatoms. The Morgan fingerprint density at radius 2 is 1.33 bits per heavy atom. The number of nitrogens with one attached hydrogen (secondary N) is 1. The molecule has 0 aromatic rings. The summed E-state index contributed by atoms with van der Waals surface area (Å²) in [5.41, 5.74) is 0. The molecule has 0 heterocycles. The van der Waals surface area contributed by atoms with Crippen molar-refractivity contribution in [2.45, 2.75) is 40.2 Å². The molecule has 0 bridgehead atoms. The molecule has 0 saturated heterocycles. The van der Waals surface area contributed by atoms with E-state index in [0.717, 1.165) is 46.6 Å². The van der Waals surface area contributed by atoms with Crippen LogP contribution in [-0.4, -0.2) is 83.0 Å². The van der Waals surface area contributed by atoms with E-state index in [0.29, 0.717) is 6.42 Å². The molecule has 0 aromatic heterocycles. The Morgan fingerprint density at radius 1 is 0.958 bits per heavy atom. The third kappa shape index (κ3) is 49.6. The zero-order valence-corrected chi connectivity index (χ0v) is 17.3. The fourth-order valence-electron chi connectivity index (χ4n) is 1.35. The minimum Gasteiger partial charge on any atom is -0.481 e. The Kier molecular flexibility index (Phi) is 27.0. The molecule has 0 aromatic carbocycles. The number of hydrogen-bond donors (Lipinski definition) is 6. The summed E-state index contributed by atoms with van der Waals surface area (Å²) in [4.78, 5) is 46.6. The molecule has 0 rings (SSSR count). The quantitative estimate of drug-likeness (QED) is 0.195. The van der Waals surface area contributed by atoms with Gasteiger partial charge in [0.2, 0.25) is 0 Å². The molecule has 0 radical (unpaired) electrons.